The second-order valence-corrected chi connectivity index (χ2v) is 8.30. The fourth-order valence-corrected chi connectivity index (χ4v) is 4.01. The zero-order valence-corrected chi connectivity index (χ0v) is 20.6. The average Bonchev–Trinajstić information content (AvgIpc) is 3.20. The molecule has 35 heavy (non-hydrogen) atoms. The van der Waals surface area contributed by atoms with Crippen molar-refractivity contribution in [3.05, 3.63) is 59.8 Å². The molecule has 0 bridgehead atoms. The van der Waals surface area contributed by atoms with Crippen molar-refractivity contribution in [3.8, 4) is 11.5 Å². The van der Waals surface area contributed by atoms with Gasteiger partial charge < -0.3 is 19.5 Å². The van der Waals surface area contributed by atoms with Crippen LogP contribution in [0.15, 0.2) is 59.2 Å². The molecule has 1 heterocycles. The summed E-state index contributed by atoms with van der Waals surface area (Å²) >= 11 is 1.15. The number of esters is 1. The number of hydrogen-bond acceptors (Lipinski definition) is 8. The summed E-state index contributed by atoms with van der Waals surface area (Å²) in [6.07, 6.45) is 2.40. The Bertz CT molecular complexity index is 1130. The van der Waals surface area contributed by atoms with Gasteiger partial charge in [-0.1, -0.05) is 30.0 Å². The number of amides is 2. The number of carbonyl (C=O) groups excluding carboxylic acids is 3. The quantitative estimate of drug-likeness (QED) is 0.305. The number of nitrogens with one attached hydrogen (secondary N) is 1. The van der Waals surface area contributed by atoms with Crippen LogP contribution in [0.2, 0.25) is 0 Å². The van der Waals surface area contributed by atoms with Crippen LogP contribution in [-0.2, 0) is 19.1 Å². The Balaban J connectivity index is 1.76. The number of hydrogen-bond donors (Lipinski definition) is 1. The predicted octanol–water partition coefficient (Wildman–Crippen LogP) is 3.25. The van der Waals surface area contributed by atoms with E-state index in [2.05, 4.69) is 15.0 Å². The van der Waals surface area contributed by atoms with E-state index in [1.54, 1.807) is 56.7 Å². The van der Waals surface area contributed by atoms with Crippen molar-refractivity contribution in [1.82, 2.24) is 5.32 Å². The minimum absolute atomic E-state index is 0.0562. The minimum Gasteiger partial charge on any atom is -0.497 e. The molecule has 0 radical (unpaired) electrons. The van der Waals surface area contributed by atoms with E-state index in [-0.39, 0.29) is 35.7 Å². The number of thioether (sulfide) groups is 1. The molecule has 9 nitrogen and oxygen atoms in total. The minimum atomic E-state index is -0.322. The van der Waals surface area contributed by atoms with Gasteiger partial charge in [0.25, 0.3) is 5.91 Å². The molecule has 184 valence electrons. The van der Waals surface area contributed by atoms with Gasteiger partial charge in [0.05, 0.1) is 32.8 Å². The summed E-state index contributed by atoms with van der Waals surface area (Å²) in [5.41, 5.74) is 1.62. The number of nitrogens with zero attached hydrogens (tertiary/aromatic N) is 2. The van der Waals surface area contributed by atoms with Gasteiger partial charge in [0, 0.05) is 19.0 Å². The second kappa shape index (κ2) is 12.6. The van der Waals surface area contributed by atoms with Crippen molar-refractivity contribution in [2.24, 2.45) is 4.99 Å². The van der Waals surface area contributed by atoms with Gasteiger partial charge in [-0.05, 0) is 42.3 Å². The Morgan fingerprint density at radius 2 is 1.80 bits per heavy atom. The van der Waals surface area contributed by atoms with Crippen LogP contribution < -0.4 is 19.7 Å². The Morgan fingerprint density at radius 3 is 2.49 bits per heavy atom. The number of methoxy groups -OCH3 is 3. The molecular weight excluding hydrogens is 470 g/mol. The summed E-state index contributed by atoms with van der Waals surface area (Å²) in [6.45, 7) is 0.349. The van der Waals surface area contributed by atoms with Crippen molar-refractivity contribution in [1.29, 1.82) is 0 Å². The van der Waals surface area contributed by atoms with E-state index >= 15 is 0 Å². The van der Waals surface area contributed by atoms with Crippen LogP contribution in [0.25, 0.3) is 6.08 Å². The summed E-state index contributed by atoms with van der Waals surface area (Å²) in [4.78, 5) is 42.8. The van der Waals surface area contributed by atoms with Crippen LogP contribution in [0.4, 0.5) is 5.69 Å². The van der Waals surface area contributed by atoms with Crippen LogP contribution in [0.1, 0.15) is 18.4 Å². The summed E-state index contributed by atoms with van der Waals surface area (Å²) in [5.74, 6) is 0.498. The number of amidine groups is 1. The molecule has 1 N–H and O–H groups in total. The highest BCUT2D eigenvalue weighted by molar-refractivity contribution is 8.14. The SMILES string of the molecule is COC(=O)CCCNC(=O)CSC1=N/C(=C\c2ccc(OC)cc2)C(=O)N1c1cccc(OC)c1. The third kappa shape index (κ3) is 7.10. The lowest BCUT2D eigenvalue weighted by Gasteiger charge is -2.18. The maximum atomic E-state index is 13.3. The van der Waals surface area contributed by atoms with Crippen molar-refractivity contribution in [2.45, 2.75) is 12.8 Å². The largest absolute Gasteiger partial charge is 0.497 e. The molecule has 0 saturated heterocycles. The molecular formula is C25H27N3O6S. The van der Waals surface area contributed by atoms with Gasteiger partial charge in [0.15, 0.2) is 5.17 Å². The summed E-state index contributed by atoms with van der Waals surface area (Å²) < 4.78 is 15.1. The smallest absolute Gasteiger partial charge is 0.305 e. The molecule has 10 heteroatoms. The topological polar surface area (TPSA) is 107 Å². The van der Waals surface area contributed by atoms with Crippen LogP contribution in [0, 0.1) is 0 Å². The Hall–Kier alpha value is -3.79. The van der Waals surface area contributed by atoms with Crippen LogP contribution >= 0.6 is 11.8 Å². The molecule has 3 rings (SSSR count). The Morgan fingerprint density at radius 1 is 1.06 bits per heavy atom. The van der Waals surface area contributed by atoms with Crippen LogP contribution in [0.5, 0.6) is 11.5 Å². The van der Waals surface area contributed by atoms with E-state index in [1.807, 2.05) is 12.1 Å². The van der Waals surface area contributed by atoms with Crippen molar-refractivity contribution in [3.63, 3.8) is 0 Å². The lowest BCUT2D eigenvalue weighted by Crippen LogP contribution is -2.32. The number of carbonyl (C=O) groups is 3. The molecule has 0 fully saturated rings. The van der Waals surface area contributed by atoms with E-state index in [0.29, 0.717) is 35.3 Å². The summed E-state index contributed by atoms with van der Waals surface area (Å²) in [6, 6.07) is 14.3. The molecule has 2 aromatic carbocycles. The molecule has 0 aliphatic carbocycles. The summed E-state index contributed by atoms with van der Waals surface area (Å²) in [5, 5.41) is 3.14. The predicted molar refractivity (Wildman–Crippen MR) is 136 cm³/mol. The van der Waals surface area contributed by atoms with Crippen molar-refractivity contribution < 1.29 is 28.6 Å². The maximum Gasteiger partial charge on any atom is 0.305 e. The van der Waals surface area contributed by atoms with E-state index in [9.17, 15) is 14.4 Å². The van der Waals surface area contributed by atoms with E-state index in [4.69, 9.17) is 9.47 Å². The fourth-order valence-electron chi connectivity index (χ4n) is 3.17. The highest BCUT2D eigenvalue weighted by Crippen LogP contribution is 2.31. The number of ether oxygens (including phenoxy) is 3. The zero-order chi connectivity index (χ0) is 25.2. The Labute approximate surface area is 208 Å². The normalized spacial score (nSPS) is 14.0. The lowest BCUT2D eigenvalue weighted by molar-refractivity contribution is -0.140. The first-order chi connectivity index (χ1) is 16.9. The molecule has 0 unspecified atom stereocenters. The third-order valence-corrected chi connectivity index (χ3v) is 5.94. The number of anilines is 1. The molecule has 2 amide bonds. The highest BCUT2D eigenvalue weighted by Gasteiger charge is 2.32. The van der Waals surface area contributed by atoms with Crippen molar-refractivity contribution in [2.75, 3.05) is 38.5 Å². The van der Waals surface area contributed by atoms with Gasteiger partial charge in [0.2, 0.25) is 5.91 Å². The first-order valence-corrected chi connectivity index (χ1v) is 11.8. The fraction of sp³-hybridized carbons (Fsp3) is 0.280. The standard InChI is InChI=1S/C25H27N3O6S/c1-32-19-11-9-17(10-12-19)14-21-24(31)28(18-6-4-7-20(15-18)33-2)25(27-21)35-16-22(29)26-13-5-8-23(30)34-3/h4,6-7,9-12,14-15H,5,8,13,16H2,1-3H3,(H,26,29)/b21-14-. The lowest BCUT2D eigenvalue weighted by atomic mass is 10.2. The second-order valence-electron chi connectivity index (χ2n) is 7.36. The monoisotopic (exact) mass is 497 g/mol. The van der Waals surface area contributed by atoms with Gasteiger partial charge in [-0.25, -0.2) is 4.99 Å². The van der Waals surface area contributed by atoms with Crippen LogP contribution in [0.3, 0.4) is 0 Å². The van der Waals surface area contributed by atoms with E-state index in [0.717, 1.165) is 17.3 Å². The first kappa shape index (κ1) is 25.8. The highest BCUT2D eigenvalue weighted by atomic mass is 32.2. The molecule has 0 saturated carbocycles. The van der Waals surface area contributed by atoms with Gasteiger partial charge in [0.1, 0.15) is 17.2 Å². The molecule has 0 aromatic heterocycles. The van der Waals surface area contributed by atoms with Crippen molar-refractivity contribution >= 4 is 46.5 Å². The molecule has 0 atom stereocenters. The van der Waals surface area contributed by atoms with E-state index in [1.165, 1.54) is 12.0 Å². The number of benzene rings is 2. The van der Waals surface area contributed by atoms with Gasteiger partial charge in [-0.3, -0.25) is 19.3 Å². The molecule has 2 aromatic rings. The number of aliphatic imine (C=N–C) groups is 1. The van der Waals surface area contributed by atoms with Gasteiger partial charge >= 0.3 is 5.97 Å². The zero-order valence-electron chi connectivity index (χ0n) is 19.8. The molecule has 1 aliphatic rings. The molecule has 1 aliphatic heterocycles. The maximum absolute atomic E-state index is 13.3. The van der Waals surface area contributed by atoms with Crippen LogP contribution in [-0.4, -0.2) is 56.6 Å². The van der Waals surface area contributed by atoms with Gasteiger partial charge in [-0.2, -0.15) is 0 Å². The third-order valence-electron chi connectivity index (χ3n) is 5.00. The van der Waals surface area contributed by atoms with Gasteiger partial charge in [-0.15, -0.1) is 0 Å². The Kier molecular flexibility index (Phi) is 9.31. The first-order valence-electron chi connectivity index (χ1n) is 10.8. The average molecular weight is 498 g/mol. The van der Waals surface area contributed by atoms with E-state index < -0.39 is 0 Å². The summed E-state index contributed by atoms with van der Waals surface area (Å²) in [7, 11) is 4.46. The number of rotatable bonds is 10. The molecule has 0 spiro atoms.